The number of hydrogen-bond acceptors (Lipinski definition) is 4. The van der Waals surface area contributed by atoms with Crippen LogP contribution in [0.25, 0.3) is 0 Å². The van der Waals surface area contributed by atoms with Gasteiger partial charge in [-0.25, -0.2) is 0 Å². The largest absolute Gasteiger partial charge is 0.496 e. The molecule has 1 aromatic carbocycles. The number of piperazine rings is 1. The molecule has 1 N–H and O–H groups in total. The number of ether oxygens (including phenoxy) is 1. The molecule has 0 saturated carbocycles. The molecular formula is C16H20Cl2N2OS. The fraction of sp³-hybridized carbons (Fsp3) is 0.375. The smallest absolute Gasteiger partial charge is 0.123 e. The van der Waals surface area contributed by atoms with Gasteiger partial charge in [0.1, 0.15) is 5.75 Å². The van der Waals surface area contributed by atoms with Crippen LogP contribution >= 0.6 is 35.3 Å². The third-order valence-corrected chi connectivity index (χ3v) is 5.10. The zero-order valence-electron chi connectivity index (χ0n) is 12.4. The Balaban J connectivity index is 0.00000176. The van der Waals surface area contributed by atoms with E-state index in [0.29, 0.717) is 6.04 Å². The maximum Gasteiger partial charge on any atom is 0.123 e. The Bertz CT molecular complexity index is 605. The van der Waals surface area contributed by atoms with Gasteiger partial charge in [0.05, 0.1) is 18.2 Å². The molecule has 0 radical (unpaired) electrons. The fourth-order valence-electron chi connectivity index (χ4n) is 2.82. The molecule has 2 aromatic rings. The van der Waals surface area contributed by atoms with E-state index in [0.717, 1.165) is 37.0 Å². The zero-order valence-corrected chi connectivity index (χ0v) is 14.8. The summed E-state index contributed by atoms with van der Waals surface area (Å²) >= 11 is 7.76. The first-order valence-electron chi connectivity index (χ1n) is 7.08. The van der Waals surface area contributed by atoms with Gasteiger partial charge in [-0.3, -0.25) is 4.90 Å². The van der Waals surface area contributed by atoms with Gasteiger partial charge >= 0.3 is 0 Å². The van der Waals surface area contributed by atoms with Gasteiger partial charge in [0.25, 0.3) is 0 Å². The van der Waals surface area contributed by atoms with Crippen molar-refractivity contribution in [2.45, 2.75) is 12.6 Å². The fourth-order valence-corrected chi connectivity index (χ4v) is 3.92. The molecule has 1 aliphatic rings. The quantitative estimate of drug-likeness (QED) is 0.894. The minimum Gasteiger partial charge on any atom is -0.496 e. The molecule has 1 saturated heterocycles. The summed E-state index contributed by atoms with van der Waals surface area (Å²) in [5.41, 5.74) is 1.25. The molecule has 0 spiro atoms. The van der Waals surface area contributed by atoms with Crippen LogP contribution in [0, 0.1) is 0 Å². The first-order chi connectivity index (χ1) is 10.3. The van der Waals surface area contributed by atoms with E-state index in [1.165, 1.54) is 10.4 Å². The summed E-state index contributed by atoms with van der Waals surface area (Å²) in [6.45, 7) is 3.92. The second kappa shape index (κ2) is 8.18. The Kier molecular flexibility index (Phi) is 6.53. The van der Waals surface area contributed by atoms with Gasteiger partial charge in [-0.1, -0.05) is 29.8 Å². The molecule has 1 unspecified atom stereocenters. The van der Waals surface area contributed by atoms with Crippen molar-refractivity contribution in [2.24, 2.45) is 0 Å². The molecule has 1 atom stereocenters. The van der Waals surface area contributed by atoms with Crippen molar-refractivity contribution >= 4 is 35.3 Å². The Labute approximate surface area is 146 Å². The molecule has 22 heavy (non-hydrogen) atoms. The summed E-state index contributed by atoms with van der Waals surface area (Å²) in [7, 11) is 1.73. The third kappa shape index (κ3) is 3.94. The van der Waals surface area contributed by atoms with Gasteiger partial charge in [-0.05, 0) is 12.1 Å². The topological polar surface area (TPSA) is 24.5 Å². The van der Waals surface area contributed by atoms with E-state index in [9.17, 15) is 0 Å². The summed E-state index contributed by atoms with van der Waals surface area (Å²) in [6, 6.07) is 10.7. The van der Waals surface area contributed by atoms with E-state index in [2.05, 4.69) is 28.4 Å². The van der Waals surface area contributed by atoms with Crippen molar-refractivity contribution in [1.82, 2.24) is 10.2 Å². The number of benzene rings is 1. The number of halogens is 2. The zero-order chi connectivity index (χ0) is 14.7. The Morgan fingerprint density at radius 3 is 2.95 bits per heavy atom. The Morgan fingerprint density at radius 1 is 1.41 bits per heavy atom. The van der Waals surface area contributed by atoms with Crippen molar-refractivity contribution in [1.29, 1.82) is 0 Å². The number of para-hydroxylation sites is 1. The average molecular weight is 359 g/mol. The van der Waals surface area contributed by atoms with Gasteiger partial charge in [0.15, 0.2) is 0 Å². The van der Waals surface area contributed by atoms with Gasteiger partial charge in [-0.2, -0.15) is 0 Å². The Hall–Kier alpha value is -0.780. The first kappa shape index (κ1) is 17.6. The second-order valence-electron chi connectivity index (χ2n) is 5.16. The number of thiophene rings is 1. The van der Waals surface area contributed by atoms with Crippen molar-refractivity contribution in [3.05, 3.63) is 51.2 Å². The summed E-state index contributed by atoms with van der Waals surface area (Å²) in [6.07, 6.45) is 0. The molecule has 6 heteroatoms. The molecule has 1 aromatic heterocycles. The van der Waals surface area contributed by atoms with Crippen LogP contribution in [0.2, 0.25) is 5.02 Å². The van der Waals surface area contributed by atoms with E-state index in [1.807, 2.05) is 17.5 Å². The summed E-state index contributed by atoms with van der Waals surface area (Å²) in [4.78, 5) is 3.80. The predicted molar refractivity (Wildman–Crippen MR) is 95.6 cm³/mol. The monoisotopic (exact) mass is 358 g/mol. The Morgan fingerprint density at radius 2 is 2.23 bits per heavy atom. The van der Waals surface area contributed by atoms with Crippen molar-refractivity contribution in [2.75, 3.05) is 26.7 Å². The van der Waals surface area contributed by atoms with E-state index in [1.54, 1.807) is 18.4 Å². The molecule has 3 nitrogen and oxygen atoms in total. The highest BCUT2D eigenvalue weighted by Crippen LogP contribution is 2.32. The number of methoxy groups -OCH3 is 1. The highest BCUT2D eigenvalue weighted by Gasteiger charge is 2.26. The van der Waals surface area contributed by atoms with Crippen LogP contribution in [0.4, 0.5) is 0 Å². The second-order valence-corrected chi connectivity index (χ2v) is 6.60. The highest BCUT2D eigenvalue weighted by molar-refractivity contribution is 7.10. The van der Waals surface area contributed by atoms with E-state index >= 15 is 0 Å². The molecule has 1 aliphatic heterocycles. The molecule has 2 heterocycles. The summed E-state index contributed by atoms with van der Waals surface area (Å²) in [5.74, 6) is 0.959. The van der Waals surface area contributed by atoms with Gasteiger partial charge < -0.3 is 10.1 Å². The van der Waals surface area contributed by atoms with Crippen molar-refractivity contribution < 1.29 is 4.74 Å². The lowest BCUT2D eigenvalue weighted by Gasteiger charge is -2.36. The molecule has 1 fully saturated rings. The average Bonchev–Trinajstić information content (AvgIpc) is 2.93. The van der Waals surface area contributed by atoms with Gasteiger partial charge in [0, 0.05) is 42.0 Å². The third-order valence-electron chi connectivity index (χ3n) is 3.83. The summed E-state index contributed by atoms with van der Waals surface area (Å²) < 4.78 is 5.53. The maximum absolute atomic E-state index is 6.04. The SMILES string of the molecule is COc1ccccc1C1CNCCN1Cc1cc(Cl)cs1.Cl. The van der Waals surface area contributed by atoms with Gasteiger partial charge in [0.2, 0.25) is 0 Å². The molecule has 0 aliphatic carbocycles. The van der Waals surface area contributed by atoms with E-state index in [4.69, 9.17) is 16.3 Å². The van der Waals surface area contributed by atoms with Crippen LogP contribution in [0.5, 0.6) is 5.75 Å². The molecule has 0 bridgehead atoms. The van der Waals surface area contributed by atoms with Crippen LogP contribution in [0.3, 0.4) is 0 Å². The van der Waals surface area contributed by atoms with Crippen LogP contribution in [-0.4, -0.2) is 31.6 Å². The minimum atomic E-state index is 0. The molecular weight excluding hydrogens is 339 g/mol. The first-order valence-corrected chi connectivity index (χ1v) is 8.34. The van der Waals surface area contributed by atoms with Crippen LogP contribution < -0.4 is 10.1 Å². The normalized spacial score (nSPS) is 18.7. The summed E-state index contributed by atoms with van der Waals surface area (Å²) in [5, 5.41) is 6.32. The maximum atomic E-state index is 6.04. The minimum absolute atomic E-state index is 0. The van der Waals surface area contributed by atoms with Crippen LogP contribution in [0.15, 0.2) is 35.7 Å². The number of rotatable bonds is 4. The van der Waals surface area contributed by atoms with Crippen molar-refractivity contribution in [3.63, 3.8) is 0 Å². The highest BCUT2D eigenvalue weighted by atomic mass is 35.5. The lowest BCUT2D eigenvalue weighted by Crippen LogP contribution is -2.45. The van der Waals surface area contributed by atoms with E-state index in [-0.39, 0.29) is 12.4 Å². The van der Waals surface area contributed by atoms with Crippen LogP contribution in [-0.2, 0) is 6.54 Å². The molecule has 0 amide bonds. The number of hydrogen-bond donors (Lipinski definition) is 1. The van der Waals surface area contributed by atoms with Crippen LogP contribution in [0.1, 0.15) is 16.5 Å². The number of nitrogens with zero attached hydrogens (tertiary/aromatic N) is 1. The van der Waals surface area contributed by atoms with Crippen molar-refractivity contribution in [3.8, 4) is 5.75 Å². The van der Waals surface area contributed by atoms with Gasteiger partial charge in [-0.15, -0.1) is 23.7 Å². The lowest BCUT2D eigenvalue weighted by atomic mass is 10.0. The molecule has 3 rings (SSSR count). The number of nitrogens with one attached hydrogen (secondary N) is 1. The molecule has 120 valence electrons. The predicted octanol–water partition coefficient (Wildman–Crippen LogP) is 3.98. The standard InChI is InChI=1S/C16H19ClN2OS.ClH/c1-20-16-5-3-2-4-14(16)15-9-18-6-7-19(15)10-13-8-12(17)11-21-13;/h2-5,8,11,15,18H,6-7,9-10H2,1H3;1H. The van der Waals surface area contributed by atoms with E-state index < -0.39 is 0 Å². The lowest BCUT2D eigenvalue weighted by molar-refractivity contribution is 0.152.